The van der Waals surface area contributed by atoms with Crippen LogP contribution in [0.2, 0.25) is 5.02 Å². The number of aromatic nitrogens is 3. The smallest absolute Gasteiger partial charge is 0.101 e. The number of methoxy groups -OCH3 is 1. The number of halogens is 2. The van der Waals surface area contributed by atoms with Gasteiger partial charge >= 0.3 is 0 Å². The van der Waals surface area contributed by atoms with Gasteiger partial charge in [0, 0.05) is 24.9 Å². The van der Waals surface area contributed by atoms with E-state index < -0.39 is 0 Å². The summed E-state index contributed by atoms with van der Waals surface area (Å²) in [5, 5.41) is 6.22. The van der Waals surface area contributed by atoms with Crippen LogP contribution in [0.4, 0.5) is 0 Å². The highest BCUT2D eigenvalue weighted by molar-refractivity contribution is 14.1. The molecular formula is C15H13ClIN3O. The summed E-state index contributed by atoms with van der Waals surface area (Å²) in [5.41, 5.74) is 3.07. The summed E-state index contributed by atoms with van der Waals surface area (Å²) < 4.78 is 8.18. The van der Waals surface area contributed by atoms with Gasteiger partial charge in [0.25, 0.3) is 0 Å². The number of hydrogen-bond donors (Lipinski definition) is 0. The fourth-order valence-corrected chi connectivity index (χ4v) is 2.94. The van der Waals surface area contributed by atoms with Crippen LogP contribution in [0.3, 0.4) is 0 Å². The zero-order chi connectivity index (χ0) is 14.8. The maximum Gasteiger partial charge on any atom is 0.101 e. The van der Waals surface area contributed by atoms with Crippen LogP contribution < -0.4 is 0 Å². The molecule has 0 fully saturated rings. The first kappa shape index (κ1) is 14.7. The van der Waals surface area contributed by atoms with Crippen LogP contribution in [0.5, 0.6) is 0 Å². The summed E-state index contributed by atoms with van der Waals surface area (Å²) in [7, 11) is 1.68. The third kappa shape index (κ3) is 3.36. The maximum atomic E-state index is 6.00. The van der Waals surface area contributed by atoms with Crippen molar-refractivity contribution in [2.24, 2.45) is 0 Å². The van der Waals surface area contributed by atoms with Gasteiger partial charge in [-0.25, -0.2) is 0 Å². The van der Waals surface area contributed by atoms with Gasteiger partial charge in [0.2, 0.25) is 0 Å². The molecule has 0 atom stereocenters. The Hall–Kier alpha value is -1.18. The van der Waals surface area contributed by atoms with E-state index in [4.69, 9.17) is 16.3 Å². The molecule has 1 aromatic carbocycles. The zero-order valence-electron chi connectivity index (χ0n) is 11.4. The van der Waals surface area contributed by atoms with E-state index in [1.807, 2.05) is 23.0 Å². The second-order valence-corrected chi connectivity index (χ2v) is 6.33. The van der Waals surface area contributed by atoms with Gasteiger partial charge in [-0.2, -0.15) is 5.10 Å². The summed E-state index contributed by atoms with van der Waals surface area (Å²) in [6.45, 7) is 1.24. The highest BCUT2D eigenvalue weighted by Gasteiger charge is 2.07. The van der Waals surface area contributed by atoms with Gasteiger partial charge in [-0.3, -0.25) is 9.67 Å². The molecule has 0 bridgehead atoms. The molecule has 0 aliphatic rings. The van der Waals surface area contributed by atoms with Crippen molar-refractivity contribution in [3.05, 3.63) is 56.5 Å². The molecule has 4 nitrogen and oxygen atoms in total. The normalized spacial score (nSPS) is 11.2. The lowest BCUT2D eigenvalue weighted by Gasteiger charge is -2.04. The molecule has 21 heavy (non-hydrogen) atoms. The quantitative estimate of drug-likeness (QED) is 0.609. The minimum Gasteiger partial charge on any atom is -0.378 e. The van der Waals surface area contributed by atoms with Crippen LogP contribution >= 0.6 is 34.2 Å². The Morgan fingerprint density at radius 1 is 1.33 bits per heavy atom. The third-order valence-corrected chi connectivity index (χ3v) is 4.23. The minimum atomic E-state index is 0.530. The fraction of sp³-hybridized carbons (Fsp3) is 0.200. The van der Waals surface area contributed by atoms with E-state index in [9.17, 15) is 0 Å². The van der Waals surface area contributed by atoms with E-state index in [0.717, 1.165) is 25.7 Å². The van der Waals surface area contributed by atoms with E-state index in [0.29, 0.717) is 18.2 Å². The van der Waals surface area contributed by atoms with Crippen molar-refractivity contribution in [3.8, 4) is 0 Å². The minimum absolute atomic E-state index is 0.530. The van der Waals surface area contributed by atoms with E-state index in [2.05, 4.69) is 44.8 Å². The van der Waals surface area contributed by atoms with Crippen molar-refractivity contribution < 1.29 is 4.74 Å². The number of hydrogen-bond acceptors (Lipinski definition) is 3. The van der Waals surface area contributed by atoms with Gasteiger partial charge in [0.05, 0.1) is 27.3 Å². The van der Waals surface area contributed by atoms with Crippen LogP contribution in [0.1, 0.15) is 11.3 Å². The van der Waals surface area contributed by atoms with Gasteiger partial charge in [-0.05, 0) is 46.4 Å². The van der Waals surface area contributed by atoms with Crippen molar-refractivity contribution in [1.82, 2.24) is 14.8 Å². The lowest BCUT2D eigenvalue weighted by Crippen LogP contribution is -2.01. The average Bonchev–Trinajstić information content (AvgIpc) is 2.79. The number of ether oxygens (including phenoxy) is 1. The molecule has 2 aromatic heterocycles. The van der Waals surface area contributed by atoms with Crippen molar-refractivity contribution in [3.63, 3.8) is 0 Å². The van der Waals surface area contributed by atoms with Crippen LogP contribution in [-0.4, -0.2) is 21.9 Å². The first-order valence-electron chi connectivity index (χ1n) is 6.40. The molecule has 3 rings (SSSR count). The van der Waals surface area contributed by atoms with E-state index in [-0.39, 0.29) is 0 Å². The largest absolute Gasteiger partial charge is 0.378 e. The number of rotatable bonds is 4. The molecule has 0 radical (unpaired) electrons. The van der Waals surface area contributed by atoms with Crippen LogP contribution in [0.25, 0.3) is 10.9 Å². The Kier molecular flexibility index (Phi) is 4.42. The third-order valence-electron chi connectivity index (χ3n) is 3.13. The molecule has 0 saturated carbocycles. The Balaban J connectivity index is 1.89. The number of fused-ring (bicyclic) bond motifs is 1. The van der Waals surface area contributed by atoms with Crippen molar-refractivity contribution in [2.45, 2.75) is 13.2 Å². The topological polar surface area (TPSA) is 39.9 Å². The van der Waals surface area contributed by atoms with Gasteiger partial charge in [0.15, 0.2) is 0 Å². The molecule has 0 amide bonds. The second-order valence-electron chi connectivity index (χ2n) is 4.73. The Morgan fingerprint density at radius 3 is 3.00 bits per heavy atom. The van der Waals surface area contributed by atoms with E-state index in [1.165, 1.54) is 0 Å². The lowest BCUT2D eigenvalue weighted by atomic mass is 10.1. The second kappa shape index (κ2) is 6.29. The number of pyridine rings is 1. The van der Waals surface area contributed by atoms with Crippen molar-refractivity contribution in [1.29, 1.82) is 0 Å². The Morgan fingerprint density at radius 2 is 2.19 bits per heavy atom. The summed E-state index contributed by atoms with van der Waals surface area (Å²) >= 11 is 8.27. The Bertz CT molecular complexity index is 788. The predicted molar refractivity (Wildman–Crippen MR) is 91.5 cm³/mol. The van der Waals surface area contributed by atoms with Crippen molar-refractivity contribution in [2.75, 3.05) is 7.11 Å². The first-order valence-corrected chi connectivity index (χ1v) is 7.86. The molecule has 108 valence electrons. The SMILES string of the molecule is COCc1nn(Cc2ccc3ncc(Cl)cc3c2)cc1I. The van der Waals surface area contributed by atoms with Gasteiger partial charge < -0.3 is 4.74 Å². The van der Waals surface area contributed by atoms with E-state index in [1.54, 1.807) is 13.3 Å². The van der Waals surface area contributed by atoms with Crippen LogP contribution in [0.15, 0.2) is 36.7 Å². The fourth-order valence-electron chi connectivity index (χ4n) is 2.19. The summed E-state index contributed by atoms with van der Waals surface area (Å²) in [5.74, 6) is 0. The van der Waals surface area contributed by atoms with E-state index >= 15 is 0 Å². The van der Waals surface area contributed by atoms with Crippen LogP contribution in [0, 0.1) is 3.57 Å². The average molecular weight is 414 g/mol. The zero-order valence-corrected chi connectivity index (χ0v) is 14.3. The van der Waals surface area contributed by atoms with Gasteiger partial charge in [-0.1, -0.05) is 17.7 Å². The monoisotopic (exact) mass is 413 g/mol. The van der Waals surface area contributed by atoms with Crippen molar-refractivity contribution >= 4 is 45.1 Å². The summed E-state index contributed by atoms with van der Waals surface area (Å²) in [6, 6.07) is 8.09. The standard InChI is InChI=1S/C15H13ClIN3O/c1-21-9-15-13(17)8-20(19-15)7-10-2-3-14-11(4-10)5-12(16)6-18-14/h2-6,8H,7,9H2,1H3. The predicted octanol–water partition coefficient (Wildman–Crippen LogP) is 3.88. The molecule has 2 heterocycles. The molecule has 0 aliphatic carbocycles. The molecule has 0 spiro atoms. The highest BCUT2D eigenvalue weighted by atomic mass is 127. The Labute approximate surface area is 141 Å². The molecule has 0 N–H and O–H groups in total. The molecule has 6 heteroatoms. The summed E-state index contributed by atoms with van der Waals surface area (Å²) in [4.78, 5) is 4.30. The van der Waals surface area contributed by atoms with Gasteiger partial charge in [-0.15, -0.1) is 0 Å². The van der Waals surface area contributed by atoms with Gasteiger partial charge in [0.1, 0.15) is 5.69 Å². The number of nitrogens with zero attached hydrogens (tertiary/aromatic N) is 3. The first-order chi connectivity index (χ1) is 10.2. The molecule has 3 aromatic rings. The highest BCUT2D eigenvalue weighted by Crippen LogP contribution is 2.19. The number of benzene rings is 1. The lowest BCUT2D eigenvalue weighted by molar-refractivity contribution is 0.180. The molecular weight excluding hydrogens is 401 g/mol. The summed E-state index contributed by atoms with van der Waals surface area (Å²) in [6.07, 6.45) is 3.69. The molecule has 0 saturated heterocycles. The van der Waals surface area contributed by atoms with Crippen LogP contribution in [-0.2, 0) is 17.9 Å². The maximum absolute atomic E-state index is 6.00. The molecule has 0 unspecified atom stereocenters. The molecule has 0 aliphatic heterocycles.